The van der Waals surface area contributed by atoms with Gasteiger partial charge in [-0.15, -0.1) is 11.3 Å². The molecule has 0 unspecified atom stereocenters. The number of rotatable bonds is 2. The molecule has 0 radical (unpaired) electrons. The summed E-state index contributed by atoms with van der Waals surface area (Å²) in [5.41, 5.74) is 8.73. The average Bonchev–Trinajstić information content (AvgIpc) is 2.86. The Morgan fingerprint density at radius 1 is 1.37 bits per heavy atom. The lowest BCUT2D eigenvalue weighted by Crippen LogP contribution is -2.38. The molecule has 2 aromatic rings. The fourth-order valence-electron chi connectivity index (χ4n) is 3.13. The van der Waals surface area contributed by atoms with E-state index in [4.69, 9.17) is 10.7 Å². The molecular weight excluding hydrogens is 252 g/mol. The van der Waals surface area contributed by atoms with E-state index in [1.54, 1.807) is 0 Å². The van der Waals surface area contributed by atoms with Crippen LogP contribution in [-0.4, -0.2) is 11.5 Å². The maximum absolute atomic E-state index is 6.14. The molecule has 1 aromatic carbocycles. The van der Waals surface area contributed by atoms with Gasteiger partial charge >= 0.3 is 0 Å². The van der Waals surface area contributed by atoms with Crippen LogP contribution >= 0.6 is 11.3 Å². The Bertz CT molecular complexity index is 579. The van der Waals surface area contributed by atoms with Gasteiger partial charge in [0.15, 0.2) is 0 Å². The van der Waals surface area contributed by atoms with Gasteiger partial charge in [-0.3, -0.25) is 0 Å². The van der Waals surface area contributed by atoms with Crippen molar-refractivity contribution in [2.45, 2.75) is 44.9 Å². The Kier molecular flexibility index (Phi) is 3.35. The summed E-state index contributed by atoms with van der Waals surface area (Å²) in [5, 5.41) is 1.27. The van der Waals surface area contributed by atoms with E-state index >= 15 is 0 Å². The topological polar surface area (TPSA) is 38.9 Å². The molecule has 3 rings (SSSR count). The van der Waals surface area contributed by atoms with Crippen LogP contribution in [0, 0.1) is 12.8 Å². The second kappa shape index (κ2) is 4.88. The summed E-state index contributed by atoms with van der Waals surface area (Å²) in [6, 6.07) is 6.45. The van der Waals surface area contributed by atoms with Gasteiger partial charge in [0.1, 0.15) is 5.01 Å². The molecule has 0 saturated heterocycles. The van der Waals surface area contributed by atoms with Crippen LogP contribution in [0.25, 0.3) is 10.2 Å². The van der Waals surface area contributed by atoms with Crippen LogP contribution < -0.4 is 5.73 Å². The summed E-state index contributed by atoms with van der Waals surface area (Å²) in [4.78, 5) is 4.94. The van der Waals surface area contributed by atoms with Crippen LogP contribution in [0.2, 0.25) is 0 Å². The molecule has 19 heavy (non-hydrogen) atoms. The van der Waals surface area contributed by atoms with Crippen molar-refractivity contribution < 1.29 is 0 Å². The van der Waals surface area contributed by atoms with E-state index < -0.39 is 0 Å². The highest BCUT2D eigenvalue weighted by molar-refractivity contribution is 7.18. The molecule has 1 heterocycles. The van der Waals surface area contributed by atoms with E-state index in [1.807, 2.05) is 11.3 Å². The smallest absolute Gasteiger partial charge is 0.101 e. The molecule has 1 saturated carbocycles. The highest BCUT2D eigenvalue weighted by Crippen LogP contribution is 2.43. The molecule has 1 aliphatic carbocycles. The average molecular weight is 274 g/mol. The standard InChI is InChI=1S/C16H22N2S/c1-11-6-8-16(10-17,9-7-11)15-18-14-12(2)4-3-5-13(14)19-15/h3-5,11H,6-10,17H2,1-2H3. The third kappa shape index (κ3) is 2.19. The number of aromatic nitrogens is 1. The number of fused-ring (bicyclic) bond motifs is 1. The molecule has 0 atom stereocenters. The van der Waals surface area contributed by atoms with Crippen molar-refractivity contribution in [1.29, 1.82) is 0 Å². The van der Waals surface area contributed by atoms with Gasteiger partial charge in [0.2, 0.25) is 0 Å². The Hall–Kier alpha value is -0.930. The summed E-state index contributed by atoms with van der Waals surface area (Å²) in [5.74, 6) is 0.843. The summed E-state index contributed by atoms with van der Waals surface area (Å²) in [7, 11) is 0. The van der Waals surface area contributed by atoms with Gasteiger partial charge in [-0.25, -0.2) is 4.98 Å². The van der Waals surface area contributed by atoms with Crippen LogP contribution in [0.15, 0.2) is 18.2 Å². The Balaban J connectivity index is 2.04. The number of hydrogen-bond acceptors (Lipinski definition) is 3. The molecule has 0 aliphatic heterocycles. The SMILES string of the molecule is Cc1cccc2sc(C3(CN)CCC(C)CC3)nc12. The molecule has 0 spiro atoms. The van der Waals surface area contributed by atoms with Crippen LogP contribution in [-0.2, 0) is 5.41 Å². The first-order valence-corrected chi connectivity index (χ1v) is 8.03. The monoisotopic (exact) mass is 274 g/mol. The summed E-state index contributed by atoms with van der Waals surface area (Å²) >= 11 is 1.85. The normalized spacial score (nSPS) is 27.8. The molecule has 2 N–H and O–H groups in total. The Morgan fingerprint density at radius 2 is 2.11 bits per heavy atom. The van der Waals surface area contributed by atoms with E-state index in [0.29, 0.717) is 0 Å². The van der Waals surface area contributed by atoms with Crippen molar-refractivity contribution in [3.05, 3.63) is 28.8 Å². The number of benzene rings is 1. The first-order valence-electron chi connectivity index (χ1n) is 7.21. The van der Waals surface area contributed by atoms with Crippen LogP contribution in [0.4, 0.5) is 0 Å². The minimum absolute atomic E-state index is 0.142. The first-order chi connectivity index (χ1) is 9.14. The quantitative estimate of drug-likeness (QED) is 0.898. The summed E-state index contributed by atoms with van der Waals surface area (Å²) < 4.78 is 1.31. The lowest BCUT2D eigenvalue weighted by Gasteiger charge is -2.36. The van der Waals surface area contributed by atoms with Gasteiger partial charge in [0.05, 0.1) is 10.2 Å². The number of para-hydroxylation sites is 1. The zero-order valence-electron chi connectivity index (χ0n) is 11.8. The van der Waals surface area contributed by atoms with E-state index in [9.17, 15) is 0 Å². The number of nitrogens with zero attached hydrogens (tertiary/aromatic N) is 1. The van der Waals surface area contributed by atoms with Crippen LogP contribution in [0.1, 0.15) is 43.2 Å². The van der Waals surface area contributed by atoms with Crippen LogP contribution in [0.3, 0.4) is 0 Å². The predicted octanol–water partition coefficient (Wildman–Crippen LogP) is 4.01. The highest BCUT2D eigenvalue weighted by Gasteiger charge is 2.37. The van der Waals surface area contributed by atoms with Gasteiger partial charge in [-0.2, -0.15) is 0 Å². The third-order valence-corrected chi connectivity index (χ3v) is 5.96. The lowest BCUT2D eigenvalue weighted by molar-refractivity contribution is 0.247. The zero-order chi connectivity index (χ0) is 13.5. The van der Waals surface area contributed by atoms with E-state index in [0.717, 1.165) is 12.5 Å². The van der Waals surface area contributed by atoms with Crippen molar-refractivity contribution in [2.75, 3.05) is 6.54 Å². The van der Waals surface area contributed by atoms with Crippen molar-refractivity contribution in [3.8, 4) is 0 Å². The number of thiazole rings is 1. The minimum Gasteiger partial charge on any atom is -0.329 e. The third-order valence-electron chi connectivity index (χ3n) is 4.70. The molecule has 1 fully saturated rings. The molecule has 1 aromatic heterocycles. The maximum Gasteiger partial charge on any atom is 0.101 e. The van der Waals surface area contributed by atoms with Crippen LogP contribution in [0.5, 0.6) is 0 Å². The van der Waals surface area contributed by atoms with Crippen molar-refractivity contribution in [3.63, 3.8) is 0 Å². The minimum atomic E-state index is 0.142. The Morgan fingerprint density at radius 3 is 2.74 bits per heavy atom. The van der Waals surface area contributed by atoms with Gasteiger partial charge in [0.25, 0.3) is 0 Å². The summed E-state index contributed by atoms with van der Waals surface area (Å²) in [6.07, 6.45) is 4.96. The van der Waals surface area contributed by atoms with E-state index in [1.165, 1.54) is 46.5 Å². The van der Waals surface area contributed by atoms with Gasteiger partial charge in [-0.05, 0) is 50.2 Å². The number of hydrogen-bond donors (Lipinski definition) is 1. The second-order valence-corrected chi connectivity index (χ2v) is 7.14. The fraction of sp³-hybridized carbons (Fsp3) is 0.562. The fourth-order valence-corrected chi connectivity index (χ4v) is 4.43. The largest absolute Gasteiger partial charge is 0.329 e. The molecule has 1 aliphatic rings. The van der Waals surface area contributed by atoms with E-state index in [2.05, 4.69) is 32.0 Å². The number of aryl methyl sites for hydroxylation is 1. The molecule has 2 nitrogen and oxygen atoms in total. The van der Waals surface area contributed by atoms with Crippen molar-refractivity contribution in [2.24, 2.45) is 11.7 Å². The van der Waals surface area contributed by atoms with Gasteiger partial charge in [-0.1, -0.05) is 19.1 Å². The predicted molar refractivity (Wildman–Crippen MR) is 82.7 cm³/mol. The lowest BCUT2D eigenvalue weighted by atomic mass is 9.71. The molecular formula is C16H22N2S. The Labute approximate surface area is 119 Å². The number of nitrogens with two attached hydrogens (primary N) is 1. The van der Waals surface area contributed by atoms with Gasteiger partial charge in [0, 0.05) is 12.0 Å². The molecule has 0 bridgehead atoms. The second-order valence-electron chi connectivity index (χ2n) is 6.11. The van der Waals surface area contributed by atoms with Crippen molar-refractivity contribution in [1.82, 2.24) is 4.98 Å². The first kappa shape index (κ1) is 13.1. The van der Waals surface area contributed by atoms with E-state index in [-0.39, 0.29) is 5.41 Å². The van der Waals surface area contributed by atoms with Gasteiger partial charge < -0.3 is 5.73 Å². The molecule has 0 amide bonds. The maximum atomic E-state index is 6.14. The zero-order valence-corrected chi connectivity index (χ0v) is 12.6. The molecule has 102 valence electrons. The van der Waals surface area contributed by atoms with Crippen molar-refractivity contribution >= 4 is 21.6 Å². The summed E-state index contributed by atoms with van der Waals surface area (Å²) in [6.45, 7) is 5.23. The highest BCUT2D eigenvalue weighted by atomic mass is 32.1. The molecule has 3 heteroatoms.